The minimum atomic E-state index is -0.976. The van der Waals surface area contributed by atoms with Crippen LogP contribution in [0.15, 0.2) is 72.8 Å². The Morgan fingerprint density at radius 1 is 0.500 bits per heavy atom. The first-order chi connectivity index (χ1) is 16.6. The van der Waals surface area contributed by atoms with Crippen LogP contribution in [0.5, 0.6) is 0 Å². The van der Waals surface area contributed by atoms with Gasteiger partial charge in [0.15, 0.2) is 0 Å². The van der Waals surface area contributed by atoms with Gasteiger partial charge in [-0.05, 0) is 83.7 Å². The minimum Gasteiger partial charge on any atom is -0.427 e. The molecule has 0 saturated carbocycles. The van der Waals surface area contributed by atoms with Gasteiger partial charge in [0.25, 0.3) is 0 Å². The molecule has 0 spiro atoms. The molecule has 0 aromatic heterocycles. The molecule has 0 bridgehead atoms. The van der Waals surface area contributed by atoms with Gasteiger partial charge in [0, 0.05) is 0 Å². The third-order valence-corrected chi connectivity index (χ3v) is 7.23. The molecule has 0 saturated heterocycles. The minimum absolute atomic E-state index is 0.725. The highest BCUT2D eigenvalue weighted by Gasteiger charge is 2.36. The summed E-state index contributed by atoms with van der Waals surface area (Å²) in [5.41, 5.74) is 2.80. The van der Waals surface area contributed by atoms with E-state index >= 15 is 0 Å². The van der Waals surface area contributed by atoms with Crippen molar-refractivity contribution in [1.82, 2.24) is 0 Å². The third kappa shape index (κ3) is 6.89. The van der Waals surface area contributed by atoms with E-state index in [9.17, 15) is 10.2 Å². The summed E-state index contributed by atoms with van der Waals surface area (Å²) < 4.78 is 11.9. The Labute approximate surface area is 218 Å². The number of hydrogen-bond acceptors (Lipinski definition) is 4. The van der Waals surface area contributed by atoms with Crippen LogP contribution in [0.4, 0.5) is 0 Å². The molecule has 2 radical (unpaired) electrons. The van der Waals surface area contributed by atoms with Crippen molar-refractivity contribution in [2.75, 3.05) is 0 Å². The summed E-state index contributed by atoms with van der Waals surface area (Å²) in [5.74, 6) is 0. The Kier molecular flexibility index (Phi) is 8.26. The van der Waals surface area contributed by atoms with Gasteiger partial charge in [-0.2, -0.15) is 0 Å². The van der Waals surface area contributed by atoms with Crippen LogP contribution in [0.1, 0.15) is 55.4 Å². The van der Waals surface area contributed by atoms with Crippen molar-refractivity contribution >= 4 is 25.9 Å². The van der Waals surface area contributed by atoms with E-state index in [0.29, 0.717) is 0 Å². The van der Waals surface area contributed by atoms with Crippen molar-refractivity contribution in [3.63, 3.8) is 0 Å². The summed E-state index contributed by atoms with van der Waals surface area (Å²) >= 11 is 0. The second-order valence-corrected chi connectivity index (χ2v) is 11.4. The molecule has 0 heterocycles. The quantitative estimate of drug-likeness (QED) is 0.412. The largest absolute Gasteiger partial charge is 0.427 e. The van der Waals surface area contributed by atoms with Crippen LogP contribution in [-0.2, 0) is 9.31 Å². The van der Waals surface area contributed by atoms with E-state index in [-0.39, 0.29) is 0 Å². The van der Waals surface area contributed by atoms with E-state index < -0.39 is 22.4 Å². The van der Waals surface area contributed by atoms with Gasteiger partial charge in [-0.3, -0.25) is 0 Å². The summed E-state index contributed by atoms with van der Waals surface area (Å²) in [7, 11) is 3.42. The summed E-state index contributed by atoms with van der Waals surface area (Å²) in [5, 5.41) is 20.7. The molecule has 6 heteroatoms. The maximum absolute atomic E-state index is 10.4. The molecular formula is C30H38B2O4. The fourth-order valence-corrected chi connectivity index (χ4v) is 3.18. The van der Waals surface area contributed by atoms with Crippen LogP contribution >= 0.6 is 0 Å². The van der Waals surface area contributed by atoms with Gasteiger partial charge in [0.05, 0.1) is 22.4 Å². The molecule has 0 aliphatic rings. The first-order valence-electron chi connectivity index (χ1n) is 12.4. The van der Waals surface area contributed by atoms with Gasteiger partial charge < -0.3 is 19.5 Å². The molecule has 0 atom stereocenters. The summed E-state index contributed by atoms with van der Waals surface area (Å²) in [6, 6.07) is 24.7. The van der Waals surface area contributed by atoms with E-state index in [2.05, 4.69) is 48.5 Å². The van der Waals surface area contributed by atoms with Gasteiger partial charge in [0.2, 0.25) is 0 Å². The molecule has 3 aromatic carbocycles. The second kappa shape index (κ2) is 10.5. The Morgan fingerprint density at radius 3 is 1.14 bits per heavy atom. The van der Waals surface area contributed by atoms with Gasteiger partial charge in [0.1, 0.15) is 0 Å². The van der Waals surface area contributed by atoms with Gasteiger partial charge in [-0.25, -0.2) is 0 Å². The molecule has 0 amide bonds. The Balaban J connectivity index is 1.79. The topological polar surface area (TPSA) is 58.9 Å². The molecule has 0 aliphatic carbocycles. The third-order valence-electron chi connectivity index (χ3n) is 7.23. The zero-order chi connectivity index (χ0) is 26.8. The average molecular weight is 484 g/mol. The lowest BCUT2D eigenvalue weighted by molar-refractivity contribution is -0.0893. The van der Waals surface area contributed by atoms with Crippen LogP contribution in [0.3, 0.4) is 0 Å². The highest BCUT2D eigenvalue weighted by molar-refractivity contribution is 6.47. The van der Waals surface area contributed by atoms with Crippen molar-refractivity contribution < 1.29 is 19.5 Å². The Hall–Kier alpha value is -2.37. The summed E-state index contributed by atoms with van der Waals surface area (Å²) in [6.45, 7) is 14.5. The van der Waals surface area contributed by atoms with Crippen molar-refractivity contribution in [3.05, 3.63) is 72.8 Å². The van der Waals surface area contributed by atoms with Crippen LogP contribution in [0, 0.1) is 0 Å². The zero-order valence-electron chi connectivity index (χ0n) is 22.8. The van der Waals surface area contributed by atoms with E-state index in [1.807, 2.05) is 52.0 Å². The van der Waals surface area contributed by atoms with Crippen LogP contribution < -0.4 is 10.9 Å². The van der Waals surface area contributed by atoms with Crippen molar-refractivity contribution in [2.24, 2.45) is 0 Å². The van der Waals surface area contributed by atoms with Crippen molar-refractivity contribution in [3.8, 4) is 22.3 Å². The second-order valence-electron chi connectivity index (χ2n) is 11.4. The number of hydrogen-bond donors (Lipinski definition) is 2. The van der Waals surface area contributed by atoms with Crippen molar-refractivity contribution in [1.29, 1.82) is 0 Å². The lowest BCUT2D eigenvalue weighted by atomic mass is 9.81. The fraction of sp³-hybridized carbons (Fsp3) is 0.400. The lowest BCUT2D eigenvalue weighted by Crippen LogP contribution is -2.49. The van der Waals surface area contributed by atoms with Gasteiger partial charge >= 0.3 is 15.0 Å². The number of aliphatic hydroxyl groups is 2. The highest BCUT2D eigenvalue weighted by atomic mass is 16.5. The smallest absolute Gasteiger partial charge is 0.330 e. The SMILES string of the molecule is CC(C)(O)C(C)(C)O[B]c1cccc(-c2cccc(-c3cccc([B]OC(C)(C)C(C)(C)O)c3)c2)c1. The highest BCUT2D eigenvalue weighted by Crippen LogP contribution is 2.27. The van der Waals surface area contributed by atoms with Crippen LogP contribution in [0.25, 0.3) is 22.3 Å². The normalized spacial score (nSPS) is 12.9. The maximum atomic E-state index is 10.4. The monoisotopic (exact) mass is 484 g/mol. The Morgan fingerprint density at radius 2 is 0.806 bits per heavy atom. The molecule has 36 heavy (non-hydrogen) atoms. The molecule has 3 aromatic rings. The molecule has 0 aliphatic heterocycles. The van der Waals surface area contributed by atoms with Gasteiger partial charge in [-0.15, -0.1) is 0 Å². The molecule has 3 rings (SSSR count). The molecule has 0 fully saturated rings. The predicted molar refractivity (Wildman–Crippen MR) is 151 cm³/mol. The van der Waals surface area contributed by atoms with E-state index in [1.165, 1.54) is 0 Å². The molecule has 188 valence electrons. The number of rotatable bonds is 10. The molecular weight excluding hydrogens is 446 g/mol. The molecule has 2 N–H and O–H groups in total. The lowest BCUT2D eigenvalue weighted by Gasteiger charge is -2.37. The molecule has 4 nitrogen and oxygen atoms in total. The summed E-state index contributed by atoms with van der Waals surface area (Å²) in [6.07, 6.45) is 0. The van der Waals surface area contributed by atoms with Gasteiger partial charge in [-0.1, -0.05) is 77.7 Å². The standard InChI is InChI=1S/C30H38B2O4/c1-27(2,33)29(5,6)35-31-25-16-10-14-23(19-25)21-12-9-13-22(18-21)24-15-11-17-26(20-24)32-36-30(7,8)28(3,4)34/h9-20,33-34H,1-8H3. The zero-order valence-corrected chi connectivity index (χ0v) is 22.8. The van der Waals surface area contributed by atoms with Crippen molar-refractivity contribution in [2.45, 2.75) is 77.8 Å². The average Bonchev–Trinajstić information content (AvgIpc) is 2.81. The van der Waals surface area contributed by atoms with Crippen LogP contribution in [0.2, 0.25) is 0 Å². The first kappa shape index (κ1) is 28.2. The molecule has 0 unspecified atom stereocenters. The van der Waals surface area contributed by atoms with E-state index in [1.54, 1.807) is 42.7 Å². The first-order valence-corrected chi connectivity index (χ1v) is 12.4. The number of benzene rings is 3. The predicted octanol–water partition coefficient (Wildman–Crippen LogP) is 4.64. The fourth-order valence-electron chi connectivity index (χ4n) is 3.18. The Bertz CT molecular complexity index is 1090. The van der Waals surface area contributed by atoms with E-state index in [4.69, 9.17) is 9.31 Å². The summed E-state index contributed by atoms with van der Waals surface area (Å²) in [4.78, 5) is 0. The van der Waals surface area contributed by atoms with Crippen LogP contribution in [-0.4, -0.2) is 47.6 Å². The maximum Gasteiger partial charge on any atom is 0.330 e. The van der Waals surface area contributed by atoms with E-state index in [0.717, 1.165) is 33.2 Å².